The molecule has 0 radical (unpaired) electrons. The van der Waals surface area contributed by atoms with Crippen LogP contribution in [0.1, 0.15) is 30.1 Å². The molecule has 1 saturated heterocycles. The molecule has 0 amide bonds. The monoisotopic (exact) mass is 512 g/mol. The summed E-state index contributed by atoms with van der Waals surface area (Å²) in [4.78, 5) is 5.56. The Morgan fingerprint density at radius 2 is 1.89 bits per heavy atom. The van der Waals surface area contributed by atoms with Crippen molar-refractivity contribution in [2.24, 2.45) is 13.0 Å². The van der Waals surface area contributed by atoms with Gasteiger partial charge in [-0.05, 0) is 55.5 Å². The first-order chi connectivity index (χ1) is 18.1. The number of nitrogens with zero attached hydrogens (tertiary/aromatic N) is 5. The molecule has 1 aliphatic heterocycles. The second-order valence-corrected chi connectivity index (χ2v) is 10.8. The van der Waals surface area contributed by atoms with E-state index in [1.165, 1.54) is 5.56 Å². The summed E-state index contributed by atoms with van der Waals surface area (Å²) in [5.74, 6) is 0.357. The summed E-state index contributed by atoms with van der Waals surface area (Å²) in [6, 6.07) is 18.6. The largest absolute Gasteiger partial charge is 0.381 e. The van der Waals surface area contributed by atoms with Gasteiger partial charge in [-0.2, -0.15) is 0 Å². The van der Waals surface area contributed by atoms with E-state index in [9.17, 15) is 4.21 Å². The van der Waals surface area contributed by atoms with Crippen LogP contribution in [0.5, 0.6) is 0 Å². The van der Waals surface area contributed by atoms with Gasteiger partial charge in [0.1, 0.15) is 0 Å². The zero-order chi connectivity index (χ0) is 25.5. The zero-order valence-electron chi connectivity index (χ0n) is 20.8. The Morgan fingerprint density at radius 3 is 2.59 bits per heavy atom. The molecule has 188 valence electrons. The van der Waals surface area contributed by atoms with Gasteiger partial charge in [-0.25, -0.2) is 8.89 Å². The standard InChI is InChI=1S/C28H28N6O2S/c1-18-27(33(2)32-31-18)21-14-25-26(30-16-21)23-9-8-22(37(35)17-29)15-24(23)34(25)28(19-6-4-3-5-7-19)20-10-12-36-13-11-20/h3-9,14-17,20,28-29H,10-13H2,1-2H3/t28-,37?/m1/s1. The number of hydrogen-bond donors (Lipinski definition) is 1. The molecule has 37 heavy (non-hydrogen) atoms. The van der Waals surface area contributed by atoms with E-state index in [0.717, 1.165) is 70.5 Å². The maximum absolute atomic E-state index is 12.6. The number of hydrogen-bond acceptors (Lipinski definition) is 6. The van der Waals surface area contributed by atoms with Crippen LogP contribution in [0.3, 0.4) is 0 Å². The molecule has 1 unspecified atom stereocenters. The number of ether oxygens (including phenoxy) is 1. The van der Waals surface area contributed by atoms with Gasteiger partial charge < -0.3 is 9.30 Å². The second kappa shape index (κ2) is 9.64. The first-order valence-corrected chi connectivity index (χ1v) is 13.6. The van der Waals surface area contributed by atoms with Crippen molar-refractivity contribution in [3.8, 4) is 11.3 Å². The molecule has 1 fully saturated rings. The van der Waals surface area contributed by atoms with Crippen LogP contribution >= 0.6 is 0 Å². The highest BCUT2D eigenvalue weighted by Crippen LogP contribution is 2.41. The van der Waals surface area contributed by atoms with Crippen molar-refractivity contribution in [2.45, 2.75) is 30.7 Å². The van der Waals surface area contributed by atoms with Crippen LogP contribution in [-0.2, 0) is 22.6 Å². The highest BCUT2D eigenvalue weighted by molar-refractivity contribution is 7.98. The fourth-order valence-electron chi connectivity index (χ4n) is 5.68. The Hall–Kier alpha value is -3.69. The molecule has 0 aliphatic carbocycles. The van der Waals surface area contributed by atoms with Crippen LogP contribution in [0.25, 0.3) is 33.2 Å². The number of pyridine rings is 1. The summed E-state index contributed by atoms with van der Waals surface area (Å²) in [6.45, 7) is 3.42. The van der Waals surface area contributed by atoms with Crippen LogP contribution in [0.4, 0.5) is 0 Å². The van der Waals surface area contributed by atoms with Gasteiger partial charge >= 0.3 is 0 Å². The summed E-state index contributed by atoms with van der Waals surface area (Å²) >= 11 is 0. The first kappa shape index (κ1) is 23.7. The highest BCUT2D eigenvalue weighted by Gasteiger charge is 2.30. The summed E-state index contributed by atoms with van der Waals surface area (Å²) in [7, 11) is 0.386. The predicted octanol–water partition coefficient (Wildman–Crippen LogP) is 5.02. The Morgan fingerprint density at radius 1 is 1.11 bits per heavy atom. The number of rotatable bonds is 6. The lowest BCUT2D eigenvalue weighted by Gasteiger charge is -2.33. The van der Waals surface area contributed by atoms with E-state index in [1.807, 2.05) is 44.4 Å². The molecule has 1 N–H and O–H groups in total. The number of benzene rings is 2. The lowest BCUT2D eigenvalue weighted by atomic mass is 9.86. The Labute approximate surface area is 217 Å². The molecule has 0 spiro atoms. The molecular weight excluding hydrogens is 484 g/mol. The van der Waals surface area contributed by atoms with E-state index in [-0.39, 0.29) is 6.04 Å². The zero-order valence-corrected chi connectivity index (χ0v) is 21.6. The van der Waals surface area contributed by atoms with Crippen molar-refractivity contribution in [2.75, 3.05) is 13.2 Å². The van der Waals surface area contributed by atoms with Gasteiger partial charge in [-0.3, -0.25) is 10.4 Å². The minimum atomic E-state index is -1.51. The van der Waals surface area contributed by atoms with Crippen LogP contribution in [0.15, 0.2) is 65.7 Å². The quantitative estimate of drug-likeness (QED) is 0.254. The third-order valence-corrected chi connectivity index (χ3v) is 8.28. The van der Waals surface area contributed by atoms with Gasteiger partial charge in [0.15, 0.2) is 0 Å². The summed E-state index contributed by atoms with van der Waals surface area (Å²) in [5.41, 5.74) is 7.79. The maximum Gasteiger partial charge on any atom is 0.0960 e. The van der Waals surface area contributed by atoms with Crippen molar-refractivity contribution >= 4 is 38.3 Å². The van der Waals surface area contributed by atoms with E-state index >= 15 is 0 Å². The SMILES string of the molecule is Cc1nnn(C)c1-c1cnc2c3ccc(S(=O)C=N)cc3n([C@H](c3ccccc3)C3CCOCC3)c2c1. The van der Waals surface area contributed by atoms with Gasteiger partial charge in [-0.1, -0.05) is 35.5 Å². The average molecular weight is 513 g/mol. The predicted molar refractivity (Wildman–Crippen MR) is 145 cm³/mol. The van der Waals surface area contributed by atoms with Crippen LogP contribution in [0.2, 0.25) is 0 Å². The molecule has 9 heteroatoms. The third kappa shape index (κ3) is 4.08. The number of nitrogens with one attached hydrogen (secondary N) is 1. The molecule has 5 aromatic rings. The molecule has 2 aromatic carbocycles. The number of aromatic nitrogens is 5. The molecule has 2 atom stereocenters. The number of fused-ring (bicyclic) bond motifs is 3. The van der Waals surface area contributed by atoms with Gasteiger partial charge in [0.25, 0.3) is 0 Å². The third-order valence-electron chi connectivity index (χ3n) is 7.35. The summed E-state index contributed by atoms with van der Waals surface area (Å²) in [6.07, 6.45) is 3.78. The van der Waals surface area contributed by atoms with Gasteiger partial charge in [0.2, 0.25) is 0 Å². The Balaban J connectivity index is 1.69. The fraction of sp³-hybridized carbons (Fsp3) is 0.286. The topological polar surface area (TPSA) is 98.7 Å². The van der Waals surface area contributed by atoms with Gasteiger partial charge in [0.05, 0.1) is 50.3 Å². The lowest BCUT2D eigenvalue weighted by molar-refractivity contribution is 0.0553. The van der Waals surface area contributed by atoms with Crippen molar-refractivity contribution in [3.05, 3.63) is 72.1 Å². The smallest absolute Gasteiger partial charge is 0.0960 e. The lowest BCUT2D eigenvalue weighted by Crippen LogP contribution is -2.26. The van der Waals surface area contributed by atoms with Crippen LogP contribution < -0.4 is 0 Å². The van der Waals surface area contributed by atoms with E-state index in [2.05, 4.69) is 45.2 Å². The van der Waals surface area contributed by atoms with Crippen molar-refractivity contribution in [1.29, 1.82) is 5.41 Å². The van der Waals surface area contributed by atoms with Gasteiger partial charge in [0, 0.05) is 42.3 Å². The van der Waals surface area contributed by atoms with E-state index in [1.54, 1.807) is 4.68 Å². The van der Waals surface area contributed by atoms with Crippen LogP contribution in [-0.4, -0.2) is 47.5 Å². The highest BCUT2D eigenvalue weighted by atomic mass is 32.2. The molecule has 6 rings (SSSR count). The minimum Gasteiger partial charge on any atom is -0.381 e. The molecule has 4 heterocycles. The van der Waals surface area contributed by atoms with Crippen molar-refractivity contribution in [1.82, 2.24) is 24.5 Å². The maximum atomic E-state index is 12.6. The van der Waals surface area contributed by atoms with Gasteiger partial charge in [-0.15, -0.1) is 5.10 Å². The molecule has 8 nitrogen and oxygen atoms in total. The first-order valence-electron chi connectivity index (χ1n) is 12.4. The van der Waals surface area contributed by atoms with Crippen molar-refractivity contribution < 1.29 is 8.95 Å². The molecular formula is C28H28N6O2S. The molecule has 3 aromatic heterocycles. The summed E-state index contributed by atoms with van der Waals surface area (Å²) in [5, 5.41) is 17.0. The van der Waals surface area contributed by atoms with E-state index in [4.69, 9.17) is 15.1 Å². The van der Waals surface area contributed by atoms with Crippen molar-refractivity contribution in [3.63, 3.8) is 0 Å². The van der Waals surface area contributed by atoms with Crippen LogP contribution in [0, 0.1) is 18.3 Å². The van der Waals surface area contributed by atoms with E-state index in [0.29, 0.717) is 10.8 Å². The fourth-order valence-corrected chi connectivity index (χ4v) is 6.24. The minimum absolute atomic E-state index is 0.0385. The summed E-state index contributed by atoms with van der Waals surface area (Å²) < 4.78 is 22.5. The molecule has 0 bridgehead atoms. The number of aryl methyl sites for hydroxylation is 2. The Bertz CT molecular complexity index is 1620. The Kier molecular flexibility index (Phi) is 6.18. The molecule has 0 saturated carbocycles. The normalized spacial score (nSPS) is 16.3. The average Bonchev–Trinajstić information content (AvgIpc) is 3.45. The molecule has 1 aliphatic rings. The second-order valence-electron chi connectivity index (χ2n) is 9.51. The van der Waals surface area contributed by atoms with E-state index < -0.39 is 10.8 Å².